The Kier molecular flexibility index (Phi) is 2.33. The zero-order chi connectivity index (χ0) is 13.7. The highest BCUT2D eigenvalue weighted by molar-refractivity contribution is 5.74. The first-order valence-corrected chi connectivity index (χ1v) is 6.92. The predicted octanol–water partition coefficient (Wildman–Crippen LogP) is 2.90. The minimum Gasteiger partial charge on any atom is -0.306 e. The summed E-state index contributed by atoms with van der Waals surface area (Å²) < 4.78 is 2.11. The number of aryl methyl sites for hydroxylation is 1. The number of rotatable bonds is 2. The summed E-state index contributed by atoms with van der Waals surface area (Å²) in [6.07, 6.45) is 2.36. The van der Waals surface area contributed by atoms with Crippen molar-refractivity contribution in [2.45, 2.75) is 25.7 Å². The summed E-state index contributed by atoms with van der Waals surface area (Å²) >= 11 is 0. The van der Waals surface area contributed by atoms with E-state index in [2.05, 4.69) is 28.6 Å². The van der Waals surface area contributed by atoms with Crippen LogP contribution in [0.25, 0.3) is 16.9 Å². The second kappa shape index (κ2) is 4.07. The molecule has 4 rings (SSSR count). The number of nitrogens with zero attached hydrogens (tertiary/aromatic N) is 2. The summed E-state index contributed by atoms with van der Waals surface area (Å²) in [6.45, 7) is 2.08. The quantitative estimate of drug-likeness (QED) is 0.774. The molecule has 0 unspecified atom stereocenters. The van der Waals surface area contributed by atoms with Crippen LogP contribution in [0.1, 0.15) is 30.1 Å². The van der Waals surface area contributed by atoms with Gasteiger partial charge in [0.25, 0.3) is 0 Å². The fraction of sp³-hybridized carbons (Fsp3) is 0.250. The van der Waals surface area contributed by atoms with Crippen molar-refractivity contribution in [2.75, 3.05) is 0 Å². The van der Waals surface area contributed by atoms with Crippen LogP contribution in [-0.2, 0) is 0 Å². The molecule has 100 valence electrons. The molecular formula is C16H15N3O. The van der Waals surface area contributed by atoms with Gasteiger partial charge in [0.2, 0.25) is 5.56 Å². The third-order valence-electron chi connectivity index (χ3n) is 3.86. The molecule has 0 aliphatic heterocycles. The maximum atomic E-state index is 11.6. The average Bonchev–Trinajstić information content (AvgIpc) is 3.22. The van der Waals surface area contributed by atoms with Crippen molar-refractivity contribution in [1.82, 2.24) is 14.5 Å². The van der Waals surface area contributed by atoms with E-state index in [0.29, 0.717) is 5.92 Å². The van der Waals surface area contributed by atoms with Gasteiger partial charge in [-0.25, -0.2) is 4.98 Å². The van der Waals surface area contributed by atoms with Gasteiger partial charge in [0.05, 0.1) is 5.69 Å². The van der Waals surface area contributed by atoms with Crippen molar-refractivity contribution in [3.8, 4) is 5.69 Å². The highest BCUT2D eigenvalue weighted by Crippen LogP contribution is 2.41. The summed E-state index contributed by atoms with van der Waals surface area (Å²) in [6, 6.07) is 11.5. The minimum atomic E-state index is -0.0884. The van der Waals surface area contributed by atoms with E-state index < -0.39 is 0 Å². The number of hydrogen-bond acceptors (Lipinski definition) is 2. The van der Waals surface area contributed by atoms with Gasteiger partial charge in [-0.1, -0.05) is 18.2 Å². The molecule has 0 radical (unpaired) electrons. The van der Waals surface area contributed by atoms with Crippen LogP contribution in [0.2, 0.25) is 0 Å². The molecule has 2 aromatic heterocycles. The van der Waals surface area contributed by atoms with Gasteiger partial charge in [0.1, 0.15) is 17.0 Å². The maximum Gasteiger partial charge on any atom is 0.249 e. The third kappa shape index (κ3) is 1.68. The van der Waals surface area contributed by atoms with Crippen molar-refractivity contribution in [2.24, 2.45) is 0 Å². The van der Waals surface area contributed by atoms with Gasteiger partial charge in [-0.2, -0.15) is 0 Å². The molecule has 2 heterocycles. The van der Waals surface area contributed by atoms with Crippen molar-refractivity contribution in [3.63, 3.8) is 0 Å². The number of nitrogens with one attached hydrogen (secondary N) is 1. The predicted molar refractivity (Wildman–Crippen MR) is 78.4 cm³/mol. The Bertz CT molecular complexity index is 856. The first kappa shape index (κ1) is 11.5. The van der Waals surface area contributed by atoms with E-state index in [1.54, 1.807) is 6.07 Å². The van der Waals surface area contributed by atoms with Gasteiger partial charge in [-0.3, -0.25) is 9.36 Å². The fourth-order valence-corrected chi connectivity index (χ4v) is 2.68. The van der Waals surface area contributed by atoms with Crippen LogP contribution in [-0.4, -0.2) is 14.5 Å². The number of pyridine rings is 1. The Morgan fingerprint density at radius 2 is 2.00 bits per heavy atom. The Balaban J connectivity index is 2.10. The smallest absolute Gasteiger partial charge is 0.249 e. The van der Waals surface area contributed by atoms with Gasteiger partial charge in [-0.15, -0.1) is 0 Å². The van der Waals surface area contributed by atoms with Gasteiger partial charge >= 0.3 is 0 Å². The fourth-order valence-electron chi connectivity index (χ4n) is 2.68. The molecule has 0 saturated heterocycles. The van der Waals surface area contributed by atoms with Crippen LogP contribution in [0, 0.1) is 6.92 Å². The highest BCUT2D eigenvalue weighted by Gasteiger charge is 2.30. The SMILES string of the molecule is Cc1ccccc1-n1c(C2CC2)nc2ccc(=O)[nH]c21. The monoisotopic (exact) mass is 265 g/mol. The molecule has 0 bridgehead atoms. The lowest BCUT2D eigenvalue weighted by atomic mass is 10.2. The van der Waals surface area contributed by atoms with Crippen molar-refractivity contribution in [3.05, 3.63) is 58.1 Å². The molecule has 1 aliphatic rings. The highest BCUT2D eigenvalue weighted by atomic mass is 16.1. The maximum absolute atomic E-state index is 11.6. The molecule has 20 heavy (non-hydrogen) atoms. The molecule has 1 saturated carbocycles. The minimum absolute atomic E-state index is 0.0884. The van der Waals surface area contributed by atoms with E-state index in [9.17, 15) is 4.79 Å². The van der Waals surface area contributed by atoms with Crippen LogP contribution >= 0.6 is 0 Å². The standard InChI is InChI=1S/C16H15N3O/c1-10-4-2-3-5-13(10)19-15(11-6-7-11)17-12-8-9-14(20)18-16(12)19/h2-5,8-9,11H,6-7H2,1H3,(H,18,20). The number of aromatic nitrogens is 3. The van der Waals surface area contributed by atoms with Crippen molar-refractivity contribution in [1.29, 1.82) is 0 Å². The van der Waals surface area contributed by atoms with E-state index in [4.69, 9.17) is 4.98 Å². The molecule has 1 N–H and O–H groups in total. The van der Waals surface area contributed by atoms with Crippen LogP contribution in [0.4, 0.5) is 0 Å². The van der Waals surface area contributed by atoms with Gasteiger partial charge in [0, 0.05) is 12.0 Å². The van der Waals surface area contributed by atoms with Crippen LogP contribution < -0.4 is 5.56 Å². The first-order valence-electron chi connectivity index (χ1n) is 6.92. The summed E-state index contributed by atoms with van der Waals surface area (Å²) in [4.78, 5) is 19.3. The molecule has 0 amide bonds. The number of H-pyrrole nitrogens is 1. The van der Waals surface area contributed by atoms with Crippen LogP contribution in [0.15, 0.2) is 41.2 Å². The summed E-state index contributed by atoms with van der Waals surface area (Å²) in [5, 5.41) is 0. The molecule has 3 aromatic rings. The number of benzene rings is 1. The van der Waals surface area contributed by atoms with Gasteiger partial charge < -0.3 is 4.98 Å². The Labute approximate surface area is 116 Å². The van der Waals surface area contributed by atoms with Gasteiger partial charge in [-0.05, 0) is 37.5 Å². The number of fused-ring (bicyclic) bond motifs is 1. The summed E-state index contributed by atoms with van der Waals surface area (Å²) in [5.41, 5.74) is 3.84. The molecule has 0 spiro atoms. The molecule has 1 fully saturated rings. The molecule has 0 atom stereocenters. The second-order valence-corrected chi connectivity index (χ2v) is 5.42. The largest absolute Gasteiger partial charge is 0.306 e. The number of aromatic amines is 1. The zero-order valence-electron chi connectivity index (χ0n) is 11.3. The zero-order valence-corrected chi connectivity index (χ0v) is 11.3. The van der Waals surface area contributed by atoms with Crippen molar-refractivity contribution >= 4 is 11.2 Å². The molecular weight excluding hydrogens is 250 g/mol. The van der Waals surface area contributed by atoms with E-state index in [1.807, 2.05) is 12.1 Å². The topological polar surface area (TPSA) is 50.7 Å². The Morgan fingerprint density at radius 1 is 1.20 bits per heavy atom. The van der Waals surface area contributed by atoms with E-state index in [-0.39, 0.29) is 5.56 Å². The molecule has 1 aliphatic carbocycles. The molecule has 1 aromatic carbocycles. The van der Waals surface area contributed by atoms with Crippen LogP contribution in [0.5, 0.6) is 0 Å². The summed E-state index contributed by atoms with van der Waals surface area (Å²) in [5.74, 6) is 1.58. The third-order valence-corrected chi connectivity index (χ3v) is 3.86. The Hall–Kier alpha value is -2.36. The first-order chi connectivity index (χ1) is 9.74. The second-order valence-electron chi connectivity index (χ2n) is 5.42. The Morgan fingerprint density at radius 3 is 2.75 bits per heavy atom. The van der Waals surface area contributed by atoms with Gasteiger partial charge in [0.15, 0.2) is 0 Å². The van der Waals surface area contributed by atoms with E-state index in [0.717, 1.165) is 22.7 Å². The number of para-hydroxylation sites is 1. The summed E-state index contributed by atoms with van der Waals surface area (Å²) in [7, 11) is 0. The number of hydrogen-bond donors (Lipinski definition) is 1. The van der Waals surface area contributed by atoms with E-state index in [1.165, 1.54) is 24.5 Å². The number of imidazole rings is 1. The lowest BCUT2D eigenvalue weighted by molar-refractivity contribution is 0.884. The average molecular weight is 265 g/mol. The van der Waals surface area contributed by atoms with Crippen molar-refractivity contribution < 1.29 is 0 Å². The lowest BCUT2D eigenvalue weighted by Gasteiger charge is -2.11. The molecule has 4 heteroatoms. The van der Waals surface area contributed by atoms with E-state index >= 15 is 0 Å². The van der Waals surface area contributed by atoms with Crippen LogP contribution in [0.3, 0.4) is 0 Å². The molecule has 4 nitrogen and oxygen atoms in total. The lowest BCUT2D eigenvalue weighted by Crippen LogP contribution is -2.07. The normalized spacial score (nSPS) is 14.8.